The molecule has 1 aromatic carbocycles. The second kappa shape index (κ2) is 5.79. The van der Waals surface area contributed by atoms with E-state index in [1.165, 1.54) is 18.4 Å². The van der Waals surface area contributed by atoms with Crippen LogP contribution in [0.15, 0.2) is 34.1 Å². The van der Waals surface area contributed by atoms with Crippen molar-refractivity contribution in [3.05, 3.63) is 50.4 Å². The van der Waals surface area contributed by atoms with Gasteiger partial charge < -0.3 is 4.74 Å². The van der Waals surface area contributed by atoms with Crippen LogP contribution in [0, 0.1) is 5.82 Å². The van der Waals surface area contributed by atoms with E-state index in [2.05, 4.69) is 21.4 Å². The molecule has 1 unspecified atom stereocenters. The number of rotatable bonds is 4. The zero-order valence-corrected chi connectivity index (χ0v) is 12.0. The maximum Gasteiger partial charge on any atom is 0.170 e. The van der Waals surface area contributed by atoms with Crippen LogP contribution in [0.5, 0.6) is 5.75 Å². The van der Waals surface area contributed by atoms with Gasteiger partial charge >= 0.3 is 0 Å². The molecule has 6 heteroatoms. The minimum Gasteiger partial charge on any atom is -0.494 e. The molecule has 1 heterocycles. The smallest absolute Gasteiger partial charge is 0.170 e. The number of benzene rings is 1. The molecule has 0 bridgehead atoms. The maximum absolute atomic E-state index is 14.2. The van der Waals surface area contributed by atoms with Crippen molar-refractivity contribution in [3.8, 4) is 5.75 Å². The molecule has 0 spiro atoms. The lowest BCUT2D eigenvalue weighted by molar-refractivity contribution is 0.382. The highest BCUT2D eigenvalue weighted by Gasteiger charge is 2.20. The highest BCUT2D eigenvalue weighted by atomic mass is 79.9. The monoisotopic (exact) mass is 330 g/mol. The van der Waals surface area contributed by atoms with E-state index < -0.39 is 11.9 Å². The van der Waals surface area contributed by atoms with Crippen molar-refractivity contribution >= 4 is 27.3 Å². The van der Waals surface area contributed by atoms with Crippen LogP contribution in [0.3, 0.4) is 0 Å². The molecule has 0 aliphatic rings. The van der Waals surface area contributed by atoms with Gasteiger partial charge in [0.1, 0.15) is 0 Å². The highest BCUT2D eigenvalue weighted by Crippen LogP contribution is 2.33. The van der Waals surface area contributed by atoms with Crippen LogP contribution in [0.25, 0.3) is 0 Å². The normalized spacial score (nSPS) is 12.4. The molecule has 2 aromatic rings. The summed E-state index contributed by atoms with van der Waals surface area (Å²) in [4.78, 5) is 0.927. The van der Waals surface area contributed by atoms with Gasteiger partial charge in [0, 0.05) is 20.3 Å². The first kappa shape index (κ1) is 13.5. The zero-order valence-electron chi connectivity index (χ0n) is 9.61. The predicted molar refractivity (Wildman–Crippen MR) is 74.1 cm³/mol. The lowest BCUT2D eigenvalue weighted by Gasteiger charge is -2.16. The lowest BCUT2D eigenvalue weighted by atomic mass is 10.0. The summed E-state index contributed by atoms with van der Waals surface area (Å²) in [6.45, 7) is 0. The first-order valence-electron chi connectivity index (χ1n) is 5.19. The molecule has 0 aliphatic carbocycles. The molecular weight excluding hydrogens is 319 g/mol. The van der Waals surface area contributed by atoms with Gasteiger partial charge in [0.15, 0.2) is 11.6 Å². The molecule has 0 radical (unpaired) electrons. The second-order valence-corrected chi connectivity index (χ2v) is 5.49. The summed E-state index contributed by atoms with van der Waals surface area (Å²) < 4.78 is 20.1. The van der Waals surface area contributed by atoms with Crippen LogP contribution in [-0.4, -0.2) is 7.11 Å². The summed E-state index contributed by atoms with van der Waals surface area (Å²) in [5.74, 6) is 5.36. The molecule has 0 saturated carbocycles. The fourth-order valence-electron chi connectivity index (χ4n) is 1.71. The first-order chi connectivity index (χ1) is 8.67. The number of hydrogen-bond donors (Lipinski definition) is 2. The third-order valence-electron chi connectivity index (χ3n) is 2.56. The van der Waals surface area contributed by atoms with Gasteiger partial charge in [-0.25, -0.2) is 9.82 Å². The summed E-state index contributed by atoms with van der Waals surface area (Å²) in [5, 5.41) is 1.93. The number of hydrogen-bond acceptors (Lipinski definition) is 4. The Bertz CT molecular complexity index is 547. The van der Waals surface area contributed by atoms with E-state index in [4.69, 9.17) is 10.6 Å². The molecule has 1 atom stereocenters. The molecular formula is C12H12BrFN2OS. The van der Waals surface area contributed by atoms with Crippen molar-refractivity contribution in [3.63, 3.8) is 0 Å². The summed E-state index contributed by atoms with van der Waals surface area (Å²) in [6, 6.07) is 6.53. The van der Waals surface area contributed by atoms with E-state index in [9.17, 15) is 4.39 Å². The number of nitrogens with two attached hydrogens (primary N) is 1. The van der Waals surface area contributed by atoms with Crippen LogP contribution < -0.4 is 16.0 Å². The lowest BCUT2D eigenvalue weighted by Crippen LogP contribution is -2.29. The Kier molecular flexibility index (Phi) is 4.34. The Balaban J connectivity index is 2.45. The minimum atomic E-state index is -0.396. The third kappa shape index (κ3) is 2.56. The molecule has 0 fully saturated rings. The summed E-state index contributed by atoms with van der Waals surface area (Å²) >= 11 is 4.87. The van der Waals surface area contributed by atoms with Crippen molar-refractivity contribution in [2.75, 3.05) is 7.11 Å². The molecule has 2 rings (SSSR count). The summed E-state index contributed by atoms with van der Waals surface area (Å²) in [7, 11) is 1.44. The van der Waals surface area contributed by atoms with Crippen molar-refractivity contribution in [1.29, 1.82) is 0 Å². The average Bonchev–Trinajstić information content (AvgIpc) is 2.79. The largest absolute Gasteiger partial charge is 0.494 e. The van der Waals surface area contributed by atoms with E-state index in [1.54, 1.807) is 18.2 Å². The molecule has 0 amide bonds. The van der Waals surface area contributed by atoms with Crippen molar-refractivity contribution in [2.45, 2.75) is 6.04 Å². The third-order valence-corrected chi connectivity index (χ3v) is 4.32. The summed E-state index contributed by atoms with van der Waals surface area (Å²) in [6.07, 6.45) is 0. The van der Waals surface area contributed by atoms with Gasteiger partial charge in [0.05, 0.1) is 13.2 Å². The molecule has 1 aromatic heterocycles. The number of thiophene rings is 1. The molecule has 18 heavy (non-hydrogen) atoms. The Hall–Kier alpha value is -0.950. The Morgan fingerprint density at radius 2 is 2.28 bits per heavy atom. The quantitative estimate of drug-likeness (QED) is 0.668. The predicted octanol–water partition coefficient (Wildman–Crippen LogP) is 3.21. The molecule has 96 valence electrons. The Morgan fingerprint density at radius 3 is 2.83 bits per heavy atom. The van der Waals surface area contributed by atoms with E-state index in [-0.39, 0.29) is 5.75 Å². The van der Waals surface area contributed by atoms with Gasteiger partial charge in [0.2, 0.25) is 0 Å². The topological polar surface area (TPSA) is 47.3 Å². The van der Waals surface area contributed by atoms with Crippen LogP contribution >= 0.6 is 27.3 Å². The SMILES string of the molecule is COc1cccc(C(NN)c2cc(Br)cs2)c1F. The number of methoxy groups -OCH3 is 1. The maximum atomic E-state index is 14.2. The number of hydrazine groups is 1. The Morgan fingerprint density at radius 1 is 1.50 bits per heavy atom. The van der Waals surface area contributed by atoms with E-state index in [0.717, 1.165) is 9.35 Å². The first-order valence-corrected chi connectivity index (χ1v) is 6.87. The van der Waals surface area contributed by atoms with E-state index >= 15 is 0 Å². The van der Waals surface area contributed by atoms with Crippen molar-refractivity contribution < 1.29 is 9.13 Å². The molecule has 3 nitrogen and oxygen atoms in total. The van der Waals surface area contributed by atoms with Gasteiger partial charge in [-0.2, -0.15) is 0 Å². The summed E-state index contributed by atoms with van der Waals surface area (Å²) in [5.41, 5.74) is 3.10. The molecule has 0 saturated heterocycles. The molecule has 0 aliphatic heterocycles. The van der Waals surface area contributed by atoms with Gasteiger partial charge in [-0.3, -0.25) is 5.84 Å². The zero-order chi connectivity index (χ0) is 13.1. The van der Waals surface area contributed by atoms with Crippen LogP contribution in [0.2, 0.25) is 0 Å². The number of halogens is 2. The van der Waals surface area contributed by atoms with Crippen molar-refractivity contribution in [1.82, 2.24) is 5.43 Å². The number of ether oxygens (including phenoxy) is 1. The Labute approximate surface area is 117 Å². The van der Waals surface area contributed by atoms with Crippen molar-refractivity contribution in [2.24, 2.45) is 5.84 Å². The van der Waals surface area contributed by atoms with Gasteiger partial charge in [-0.1, -0.05) is 12.1 Å². The average molecular weight is 331 g/mol. The number of nitrogens with one attached hydrogen (secondary N) is 1. The fourth-order valence-corrected chi connectivity index (χ4v) is 3.23. The van der Waals surface area contributed by atoms with E-state index in [0.29, 0.717) is 5.56 Å². The fraction of sp³-hybridized carbons (Fsp3) is 0.167. The van der Waals surface area contributed by atoms with Gasteiger partial charge in [0.25, 0.3) is 0 Å². The van der Waals surface area contributed by atoms with Gasteiger partial charge in [-0.05, 0) is 28.1 Å². The second-order valence-electron chi connectivity index (χ2n) is 3.63. The standard InChI is InChI=1S/C12H12BrFN2OS/c1-17-9-4-2-3-8(11(9)14)12(16-15)10-5-7(13)6-18-10/h2-6,12,16H,15H2,1H3. The molecule has 3 N–H and O–H groups in total. The highest BCUT2D eigenvalue weighted by molar-refractivity contribution is 9.10. The minimum absolute atomic E-state index is 0.211. The van der Waals surface area contributed by atoms with Crippen LogP contribution in [0.4, 0.5) is 4.39 Å². The van der Waals surface area contributed by atoms with Crippen LogP contribution in [-0.2, 0) is 0 Å². The van der Waals surface area contributed by atoms with Crippen LogP contribution in [0.1, 0.15) is 16.5 Å². The van der Waals surface area contributed by atoms with Gasteiger partial charge in [-0.15, -0.1) is 11.3 Å². The van der Waals surface area contributed by atoms with E-state index in [1.807, 2.05) is 11.4 Å².